The Labute approximate surface area is 83.7 Å². The zero-order valence-corrected chi connectivity index (χ0v) is 8.53. The summed E-state index contributed by atoms with van der Waals surface area (Å²) in [6.07, 6.45) is 4.39. The van der Waals surface area contributed by atoms with Crippen molar-refractivity contribution in [3.05, 3.63) is 12.3 Å². The number of hydrogen-bond donors (Lipinski definition) is 1. The smallest absolute Gasteiger partial charge is 0.161 e. The largest absolute Gasteiger partial charge is 0.487 e. The minimum Gasteiger partial charge on any atom is -0.487 e. The van der Waals surface area contributed by atoms with Crippen LogP contribution in [0.4, 0.5) is 11.5 Å². The molecule has 1 aliphatic rings. The van der Waals surface area contributed by atoms with E-state index in [0.717, 1.165) is 24.3 Å². The van der Waals surface area contributed by atoms with Gasteiger partial charge in [0, 0.05) is 20.2 Å². The zero-order valence-electron chi connectivity index (χ0n) is 8.53. The van der Waals surface area contributed by atoms with Crippen molar-refractivity contribution in [1.29, 1.82) is 0 Å². The molecule has 1 saturated carbocycles. The van der Waals surface area contributed by atoms with Gasteiger partial charge in [0.05, 0.1) is 18.0 Å². The van der Waals surface area contributed by atoms with Crippen LogP contribution in [0, 0.1) is 0 Å². The Bertz CT molecular complexity index is 334. The molecule has 76 valence electrons. The average molecular weight is 193 g/mol. The highest BCUT2D eigenvalue weighted by Gasteiger charge is 2.25. The molecule has 0 unspecified atom stereocenters. The zero-order chi connectivity index (χ0) is 10.1. The first kappa shape index (κ1) is 9.12. The maximum absolute atomic E-state index is 5.71. The summed E-state index contributed by atoms with van der Waals surface area (Å²) in [5.41, 5.74) is 6.61. The standard InChI is InChI=1S/C10H15N3O/c1-13(2)8-5-10(11)12-6-9(8)14-7-3-4-7/h5-7H,3-4H2,1-2H3,(H2,11,12). The SMILES string of the molecule is CN(C)c1cc(N)ncc1OC1CC1. The van der Waals surface area contributed by atoms with Gasteiger partial charge in [0.15, 0.2) is 5.75 Å². The van der Waals surface area contributed by atoms with E-state index in [1.165, 1.54) is 0 Å². The molecule has 1 aromatic heterocycles. The number of ether oxygens (including phenoxy) is 1. The molecule has 0 bridgehead atoms. The summed E-state index contributed by atoms with van der Waals surface area (Å²) in [6.45, 7) is 0. The Hall–Kier alpha value is -1.45. The fourth-order valence-corrected chi connectivity index (χ4v) is 1.25. The Morgan fingerprint density at radius 1 is 1.50 bits per heavy atom. The van der Waals surface area contributed by atoms with Crippen molar-refractivity contribution in [2.45, 2.75) is 18.9 Å². The molecular formula is C10H15N3O. The molecule has 0 radical (unpaired) electrons. The third kappa shape index (κ3) is 1.89. The molecule has 4 nitrogen and oxygen atoms in total. The van der Waals surface area contributed by atoms with Crippen molar-refractivity contribution in [1.82, 2.24) is 4.98 Å². The van der Waals surface area contributed by atoms with Gasteiger partial charge in [0.2, 0.25) is 0 Å². The first-order valence-corrected chi connectivity index (χ1v) is 4.76. The van der Waals surface area contributed by atoms with Crippen LogP contribution in [0.3, 0.4) is 0 Å². The van der Waals surface area contributed by atoms with Gasteiger partial charge < -0.3 is 15.4 Å². The number of anilines is 2. The number of nitrogens with two attached hydrogens (primary N) is 1. The van der Waals surface area contributed by atoms with Crippen LogP contribution >= 0.6 is 0 Å². The predicted octanol–water partition coefficient (Wildman–Crippen LogP) is 1.27. The van der Waals surface area contributed by atoms with Gasteiger partial charge >= 0.3 is 0 Å². The van der Waals surface area contributed by atoms with Crippen molar-refractivity contribution >= 4 is 11.5 Å². The maximum Gasteiger partial charge on any atom is 0.161 e. The van der Waals surface area contributed by atoms with Crippen molar-refractivity contribution in [3.8, 4) is 5.75 Å². The van der Waals surface area contributed by atoms with Crippen molar-refractivity contribution < 1.29 is 4.74 Å². The summed E-state index contributed by atoms with van der Waals surface area (Å²) in [7, 11) is 3.93. The lowest BCUT2D eigenvalue weighted by Gasteiger charge is -2.17. The molecule has 0 amide bonds. The van der Waals surface area contributed by atoms with E-state index in [4.69, 9.17) is 10.5 Å². The van der Waals surface area contributed by atoms with Gasteiger partial charge in [-0.15, -0.1) is 0 Å². The predicted molar refractivity (Wildman–Crippen MR) is 56.6 cm³/mol. The molecule has 0 aliphatic heterocycles. The van der Waals surface area contributed by atoms with Crippen molar-refractivity contribution in [3.63, 3.8) is 0 Å². The second-order valence-electron chi connectivity index (χ2n) is 3.79. The van der Waals surface area contributed by atoms with Crippen LogP contribution in [0.2, 0.25) is 0 Å². The maximum atomic E-state index is 5.71. The first-order chi connectivity index (χ1) is 6.66. The van der Waals surface area contributed by atoms with Gasteiger partial charge in [-0.1, -0.05) is 0 Å². The second-order valence-corrected chi connectivity index (χ2v) is 3.79. The number of pyridine rings is 1. The lowest BCUT2D eigenvalue weighted by molar-refractivity contribution is 0.303. The van der Waals surface area contributed by atoms with Crippen LogP contribution in [0.5, 0.6) is 5.75 Å². The Balaban J connectivity index is 2.26. The molecule has 1 aliphatic carbocycles. The Morgan fingerprint density at radius 2 is 2.21 bits per heavy atom. The summed E-state index contributed by atoms with van der Waals surface area (Å²) < 4.78 is 5.71. The molecule has 1 heterocycles. The van der Waals surface area contributed by atoms with Crippen LogP contribution in [0.15, 0.2) is 12.3 Å². The van der Waals surface area contributed by atoms with Gasteiger partial charge in [0.25, 0.3) is 0 Å². The molecule has 0 atom stereocenters. The van der Waals surface area contributed by atoms with Crippen LogP contribution in [0.1, 0.15) is 12.8 Å². The lowest BCUT2D eigenvalue weighted by Crippen LogP contribution is -2.12. The number of aromatic nitrogens is 1. The van der Waals surface area contributed by atoms with Gasteiger partial charge in [-0.3, -0.25) is 0 Å². The van der Waals surface area contributed by atoms with E-state index in [-0.39, 0.29) is 0 Å². The summed E-state index contributed by atoms with van der Waals surface area (Å²) in [5.74, 6) is 1.35. The number of hydrogen-bond acceptors (Lipinski definition) is 4. The topological polar surface area (TPSA) is 51.4 Å². The Morgan fingerprint density at radius 3 is 2.79 bits per heavy atom. The van der Waals surface area contributed by atoms with Crippen LogP contribution in [-0.2, 0) is 0 Å². The van der Waals surface area contributed by atoms with Crippen molar-refractivity contribution in [2.75, 3.05) is 24.7 Å². The molecule has 1 aromatic rings. The highest BCUT2D eigenvalue weighted by Crippen LogP contribution is 2.33. The first-order valence-electron chi connectivity index (χ1n) is 4.76. The summed E-state index contributed by atoms with van der Waals surface area (Å²) in [6, 6.07) is 1.83. The third-order valence-corrected chi connectivity index (χ3v) is 2.17. The van der Waals surface area contributed by atoms with Gasteiger partial charge in [-0.2, -0.15) is 0 Å². The van der Waals surface area contributed by atoms with Gasteiger partial charge in [-0.05, 0) is 12.8 Å². The molecule has 0 spiro atoms. The minimum atomic E-state index is 0.388. The lowest BCUT2D eigenvalue weighted by atomic mass is 10.3. The monoisotopic (exact) mass is 193 g/mol. The number of rotatable bonds is 3. The molecular weight excluding hydrogens is 178 g/mol. The quantitative estimate of drug-likeness (QED) is 0.785. The molecule has 2 rings (SSSR count). The van der Waals surface area contributed by atoms with Gasteiger partial charge in [-0.25, -0.2) is 4.98 Å². The number of nitrogens with zero attached hydrogens (tertiary/aromatic N) is 2. The van der Waals surface area contributed by atoms with E-state index in [1.807, 2.05) is 25.1 Å². The van der Waals surface area contributed by atoms with Gasteiger partial charge in [0.1, 0.15) is 5.82 Å². The molecule has 14 heavy (non-hydrogen) atoms. The van der Waals surface area contributed by atoms with Crippen LogP contribution < -0.4 is 15.4 Å². The molecule has 0 aromatic carbocycles. The fourth-order valence-electron chi connectivity index (χ4n) is 1.25. The summed E-state index contributed by atoms with van der Waals surface area (Å²) in [4.78, 5) is 6.01. The van der Waals surface area contributed by atoms with E-state index >= 15 is 0 Å². The van der Waals surface area contributed by atoms with Crippen LogP contribution in [0.25, 0.3) is 0 Å². The summed E-state index contributed by atoms with van der Waals surface area (Å²) >= 11 is 0. The van der Waals surface area contributed by atoms with E-state index < -0.39 is 0 Å². The summed E-state index contributed by atoms with van der Waals surface area (Å²) in [5, 5.41) is 0. The molecule has 0 saturated heterocycles. The van der Waals surface area contributed by atoms with Crippen molar-refractivity contribution in [2.24, 2.45) is 0 Å². The molecule has 2 N–H and O–H groups in total. The van der Waals surface area contributed by atoms with E-state index in [9.17, 15) is 0 Å². The molecule has 4 heteroatoms. The fraction of sp³-hybridized carbons (Fsp3) is 0.500. The van der Waals surface area contributed by atoms with E-state index in [2.05, 4.69) is 4.98 Å². The minimum absolute atomic E-state index is 0.388. The third-order valence-electron chi connectivity index (χ3n) is 2.17. The second kappa shape index (κ2) is 3.36. The molecule has 1 fully saturated rings. The highest BCUT2D eigenvalue weighted by molar-refractivity contribution is 5.61. The van der Waals surface area contributed by atoms with Crippen LogP contribution in [-0.4, -0.2) is 25.2 Å². The average Bonchev–Trinajstić information content (AvgIpc) is 2.91. The normalized spacial score (nSPS) is 15.3. The van der Waals surface area contributed by atoms with E-state index in [1.54, 1.807) is 6.20 Å². The number of nitrogen functional groups attached to an aromatic ring is 1. The Kier molecular flexibility index (Phi) is 2.19. The van der Waals surface area contributed by atoms with E-state index in [0.29, 0.717) is 11.9 Å². The highest BCUT2D eigenvalue weighted by atomic mass is 16.5.